The molecule has 7 nitrogen and oxygen atoms in total. The van der Waals surface area contributed by atoms with Gasteiger partial charge in [-0.05, 0) is 37.3 Å². The van der Waals surface area contributed by atoms with Crippen LogP contribution in [0, 0.1) is 10.1 Å². The molecule has 1 aliphatic heterocycles. The monoisotopic (exact) mass is 396 g/mol. The van der Waals surface area contributed by atoms with Gasteiger partial charge in [-0.3, -0.25) is 10.1 Å². The van der Waals surface area contributed by atoms with Gasteiger partial charge in [0.2, 0.25) is 0 Å². The van der Waals surface area contributed by atoms with Crippen LogP contribution in [0.4, 0.5) is 5.69 Å². The van der Waals surface area contributed by atoms with Crippen LogP contribution >= 0.6 is 0 Å². The SMILES string of the molecule is CC(NC(=NCc1ccc([N+](=O)[O-])cc1)NCCc1ccccc1)C1CCCO1. The summed E-state index contributed by atoms with van der Waals surface area (Å²) in [6.07, 6.45) is 3.23. The zero-order valence-electron chi connectivity index (χ0n) is 16.7. The van der Waals surface area contributed by atoms with Crippen molar-refractivity contribution in [3.05, 3.63) is 75.8 Å². The van der Waals surface area contributed by atoms with E-state index in [9.17, 15) is 10.1 Å². The zero-order chi connectivity index (χ0) is 20.5. The summed E-state index contributed by atoms with van der Waals surface area (Å²) in [5, 5.41) is 17.7. The Balaban J connectivity index is 1.61. The standard InChI is InChI=1S/C22H28N4O3/c1-17(21-8-5-15-29-21)25-22(23-14-13-18-6-3-2-4-7-18)24-16-19-9-11-20(12-10-19)26(27)28/h2-4,6-7,9-12,17,21H,5,8,13-16H2,1H3,(H2,23,24,25). The quantitative estimate of drug-likeness (QED) is 0.309. The third-order valence-corrected chi connectivity index (χ3v) is 5.00. The van der Waals surface area contributed by atoms with Gasteiger partial charge in [0, 0.05) is 25.3 Å². The number of aliphatic imine (C=N–C) groups is 1. The first kappa shape index (κ1) is 20.8. The summed E-state index contributed by atoms with van der Waals surface area (Å²) in [4.78, 5) is 15.1. The van der Waals surface area contributed by atoms with E-state index >= 15 is 0 Å². The fraction of sp³-hybridized carbons (Fsp3) is 0.409. The van der Waals surface area contributed by atoms with Crippen LogP contribution in [-0.4, -0.2) is 36.2 Å². The van der Waals surface area contributed by atoms with Crippen LogP contribution < -0.4 is 10.6 Å². The fourth-order valence-corrected chi connectivity index (χ4v) is 3.32. The maximum atomic E-state index is 10.8. The summed E-state index contributed by atoms with van der Waals surface area (Å²) in [6, 6.07) is 17.0. The number of rotatable bonds is 8. The molecule has 2 aromatic rings. The lowest BCUT2D eigenvalue weighted by Crippen LogP contribution is -2.47. The molecular weight excluding hydrogens is 368 g/mol. The van der Waals surface area contributed by atoms with E-state index in [0.717, 1.165) is 43.9 Å². The van der Waals surface area contributed by atoms with Gasteiger partial charge < -0.3 is 15.4 Å². The second-order valence-corrected chi connectivity index (χ2v) is 7.24. The maximum Gasteiger partial charge on any atom is 0.269 e. The molecule has 2 N–H and O–H groups in total. The molecule has 1 fully saturated rings. The normalized spacial score (nSPS) is 17.7. The molecule has 154 valence electrons. The molecule has 1 saturated heterocycles. The van der Waals surface area contributed by atoms with Gasteiger partial charge in [-0.25, -0.2) is 4.99 Å². The van der Waals surface area contributed by atoms with Gasteiger partial charge in [0.1, 0.15) is 0 Å². The smallest absolute Gasteiger partial charge is 0.269 e. The Hall–Kier alpha value is -2.93. The molecule has 0 bridgehead atoms. The van der Waals surface area contributed by atoms with Crippen LogP contribution in [-0.2, 0) is 17.7 Å². The van der Waals surface area contributed by atoms with Crippen LogP contribution in [0.2, 0.25) is 0 Å². The minimum Gasteiger partial charge on any atom is -0.376 e. The van der Waals surface area contributed by atoms with E-state index in [2.05, 4.69) is 34.7 Å². The van der Waals surface area contributed by atoms with Crippen molar-refractivity contribution in [2.24, 2.45) is 4.99 Å². The Morgan fingerprint density at radius 1 is 1.21 bits per heavy atom. The van der Waals surface area contributed by atoms with Crippen LogP contribution in [0.1, 0.15) is 30.9 Å². The van der Waals surface area contributed by atoms with Crippen LogP contribution in [0.3, 0.4) is 0 Å². The third kappa shape index (κ3) is 6.57. The van der Waals surface area contributed by atoms with Gasteiger partial charge in [-0.1, -0.05) is 42.5 Å². The van der Waals surface area contributed by atoms with Crippen molar-refractivity contribution in [1.82, 2.24) is 10.6 Å². The van der Waals surface area contributed by atoms with Gasteiger partial charge in [0.25, 0.3) is 5.69 Å². The average molecular weight is 396 g/mol. The molecule has 7 heteroatoms. The zero-order valence-corrected chi connectivity index (χ0v) is 16.7. The van der Waals surface area contributed by atoms with Crippen molar-refractivity contribution in [2.45, 2.75) is 44.9 Å². The second-order valence-electron chi connectivity index (χ2n) is 7.24. The molecule has 2 unspecified atom stereocenters. The molecule has 0 aliphatic carbocycles. The molecule has 0 amide bonds. The summed E-state index contributed by atoms with van der Waals surface area (Å²) in [5.74, 6) is 0.724. The number of guanidine groups is 1. The number of hydrogen-bond acceptors (Lipinski definition) is 4. The number of non-ortho nitro benzene ring substituents is 1. The molecular formula is C22H28N4O3. The number of ether oxygens (including phenoxy) is 1. The molecule has 0 aromatic heterocycles. The van der Waals surface area contributed by atoms with E-state index in [4.69, 9.17) is 4.74 Å². The van der Waals surface area contributed by atoms with Gasteiger partial charge in [-0.15, -0.1) is 0 Å². The van der Waals surface area contributed by atoms with E-state index in [1.54, 1.807) is 12.1 Å². The molecule has 29 heavy (non-hydrogen) atoms. The highest BCUT2D eigenvalue weighted by Crippen LogP contribution is 2.15. The van der Waals surface area contributed by atoms with Crippen LogP contribution in [0.25, 0.3) is 0 Å². The highest BCUT2D eigenvalue weighted by molar-refractivity contribution is 5.80. The number of nitrogens with zero attached hydrogens (tertiary/aromatic N) is 2. The molecule has 2 aromatic carbocycles. The van der Waals surface area contributed by atoms with Gasteiger partial charge in [0.15, 0.2) is 5.96 Å². The molecule has 0 radical (unpaired) electrons. The molecule has 2 atom stereocenters. The van der Waals surface area contributed by atoms with E-state index in [1.807, 2.05) is 18.2 Å². The highest BCUT2D eigenvalue weighted by atomic mass is 16.6. The van der Waals surface area contributed by atoms with E-state index < -0.39 is 4.92 Å². The van der Waals surface area contributed by atoms with E-state index in [1.165, 1.54) is 17.7 Å². The van der Waals surface area contributed by atoms with Crippen LogP contribution in [0.15, 0.2) is 59.6 Å². The lowest BCUT2D eigenvalue weighted by Gasteiger charge is -2.23. The number of hydrogen-bond donors (Lipinski definition) is 2. The Morgan fingerprint density at radius 2 is 1.97 bits per heavy atom. The summed E-state index contributed by atoms with van der Waals surface area (Å²) in [6.45, 7) is 4.12. The summed E-state index contributed by atoms with van der Waals surface area (Å²) < 4.78 is 5.78. The van der Waals surface area contributed by atoms with Crippen molar-refractivity contribution < 1.29 is 9.66 Å². The van der Waals surface area contributed by atoms with Crippen molar-refractivity contribution in [3.63, 3.8) is 0 Å². The molecule has 0 saturated carbocycles. The molecule has 1 aliphatic rings. The average Bonchev–Trinajstić information content (AvgIpc) is 3.28. The number of nitrogens with one attached hydrogen (secondary N) is 2. The topological polar surface area (TPSA) is 88.8 Å². The first-order valence-electron chi connectivity index (χ1n) is 10.1. The maximum absolute atomic E-state index is 10.8. The Kier molecular flexibility index (Phi) is 7.58. The van der Waals surface area contributed by atoms with E-state index in [0.29, 0.717) is 6.54 Å². The van der Waals surface area contributed by atoms with Crippen molar-refractivity contribution in [1.29, 1.82) is 0 Å². The minimum atomic E-state index is -0.394. The van der Waals surface area contributed by atoms with Crippen LogP contribution in [0.5, 0.6) is 0 Å². The number of benzene rings is 2. The molecule has 3 rings (SSSR count). The summed E-state index contributed by atoms with van der Waals surface area (Å²) in [5.41, 5.74) is 2.27. The van der Waals surface area contributed by atoms with Gasteiger partial charge in [-0.2, -0.15) is 0 Å². The van der Waals surface area contributed by atoms with Gasteiger partial charge >= 0.3 is 0 Å². The van der Waals surface area contributed by atoms with E-state index in [-0.39, 0.29) is 17.8 Å². The lowest BCUT2D eigenvalue weighted by atomic mass is 10.1. The fourth-order valence-electron chi connectivity index (χ4n) is 3.32. The van der Waals surface area contributed by atoms with Gasteiger partial charge in [0.05, 0.1) is 23.6 Å². The first-order chi connectivity index (χ1) is 14.1. The number of nitro groups is 1. The predicted molar refractivity (Wildman–Crippen MR) is 114 cm³/mol. The summed E-state index contributed by atoms with van der Waals surface area (Å²) >= 11 is 0. The molecule has 1 heterocycles. The second kappa shape index (κ2) is 10.6. The minimum absolute atomic E-state index is 0.0871. The largest absolute Gasteiger partial charge is 0.376 e. The first-order valence-corrected chi connectivity index (χ1v) is 10.1. The highest BCUT2D eigenvalue weighted by Gasteiger charge is 2.23. The predicted octanol–water partition coefficient (Wildman–Crippen LogP) is 3.44. The van der Waals surface area contributed by atoms with Crippen molar-refractivity contribution in [3.8, 4) is 0 Å². The van der Waals surface area contributed by atoms with Crippen molar-refractivity contribution in [2.75, 3.05) is 13.2 Å². The Labute approximate surface area is 171 Å². The number of nitro benzene ring substituents is 1. The Morgan fingerprint density at radius 3 is 2.62 bits per heavy atom. The third-order valence-electron chi connectivity index (χ3n) is 5.00. The van der Waals surface area contributed by atoms with Crippen molar-refractivity contribution >= 4 is 11.6 Å². The Bertz CT molecular complexity index is 803. The molecule has 0 spiro atoms. The summed E-state index contributed by atoms with van der Waals surface area (Å²) in [7, 11) is 0. The lowest BCUT2D eigenvalue weighted by molar-refractivity contribution is -0.384.